The van der Waals surface area contributed by atoms with Gasteiger partial charge in [-0.25, -0.2) is 18.6 Å². The van der Waals surface area contributed by atoms with Crippen LogP contribution in [0.5, 0.6) is 0 Å². The molecule has 0 unspecified atom stereocenters. The standard InChI is InChI=1S/C19H18F2N2O4/c1-26-4-5-27-11-13-10-23(9-12-2-3-14(20)6-16(12)21)18-8-22-17(19(24)25)7-15(13)18/h2-3,6-8,10H,4-5,9,11H2,1H3,(H,24,25). The molecular formula is C19H18F2N2O4. The molecule has 0 saturated heterocycles. The molecule has 0 amide bonds. The number of carboxylic acid groups (broad SMARTS) is 1. The number of nitrogens with zero attached hydrogens (tertiary/aromatic N) is 2. The number of methoxy groups -OCH3 is 1. The molecule has 0 aliphatic rings. The number of aromatic carboxylic acids is 1. The van der Waals surface area contributed by atoms with E-state index in [0.29, 0.717) is 29.7 Å². The highest BCUT2D eigenvalue weighted by Crippen LogP contribution is 2.24. The quantitative estimate of drug-likeness (QED) is 0.611. The van der Waals surface area contributed by atoms with Crippen molar-refractivity contribution < 1.29 is 28.2 Å². The van der Waals surface area contributed by atoms with Crippen LogP contribution in [0.2, 0.25) is 0 Å². The second-order valence-electron chi connectivity index (χ2n) is 5.96. The van der Waals surface area contributed by atoms with E-state index >= 15 is 0 Å². The molecule has 3 aromatic rings. The van der Waals surface area contributed by atoms with E-state index in [2.05, 4.69) is 4.98 Å². The van der Waals surface area contributed by atoms with E-state index in [9.17, 15) is 18.7 Å². The van der Waals surface area contributed by atoms with Crippen molar-refractivity contribution >= 4 is 16.9 Å². The van der Waals surface area contributed by atoms with Crippen LogP contribution in [0.15, 0.2) is 36.7 Å². The molecule has 0 spiro atoms. The normalized spacial score (nSPS) is 11.2. The molecule has 0 atom stereocenters. The Hall–Kier alpha value is -2.84. The van der Waals surface area contributed by atoms with Crippen LogP contribution in [-0.2, 0) is 22.6 Å². The Balaban J connectivity index is 1.97. The summed E-state index contributed by atoms with van der Waals surface area (Å²) in [5.41, 5.74) is 1.59. The molecule has 0 aliphatic carbocycles. The SMILES string of the molecule is COCCOCc1cn(Cc2ccc(F)cc2F)c2cnc(C(=O)O)cc12. The summed E-state index contributed by atoms with van der Waals surface area (Å²) < 4.78 is 39.4. The Kier molecular flexibility index (Phi) is 5.78. The Morgan fingerprint density at radius 3 is 2.74 bits per heavy atom. The van der Waals surface area contributed by atoms with E-state index < -0.39 is 17.6 Å². The maximum atomic E-state index is 14.0. The van der Waals surface area contributed by atoms with Gasteiger partial charge in [-0.3, -0.25) is 0 Å². The third-order valence-corrected chi connectivity index (χ3v) is 4.11. The molecular weight excluding hydrogens is 358 g/mol. The van der Waals surface area contributed by atoms with Crippen LogP contribution in [-0.4, -0.2) is 41.0 Å². The Labute approximate surface area is 154 Å². The van der Waals surface area contributed by atoms with Gasteiger partial charge in [-0.05, 0) is 12.1 Å². The number of carbonyl (C=O) groups is 1. The Morgan fingerprint density at radius 1 is 1.22 bits per heavy atom. The van der Waals surface area contributed by atoms with Crippen molar-refractivity contribution in [1.29, 1.82) is 0 Å². The molecule has 8 heteroatoms. The zero-order valence-corrected chi connectivity index (χ0v) is 14.6. The van der Waals surface area contributed by atoms with Crippen LogP contribution in [0.3, 0.4) is 0 Å². The van der Waals surface area contributed by atoms with E-state index in [-0.39, 0.29) is 18.8 Å². The minimum atomic E-state index is -1.14. The molecule has 6 nitrogen and oxygen atoms in total. The lowest BCUT2D eigenvalue weighted by atomic mass is 10.2. The van der Waals surface area contributed by atoms with Gasteiger partial charge in [0.15, 0.2) is 0 Å². The summed E-state index contributed by atoms with van der Waals surface area (Å²) in [5.74, 6) is -2.43. The van der Waals surface area contributed by atoms with Gasteiger partial charge in [-0.2, -0.15) is 0 Å². The third kappa shape index (κ3) is 4.29. The average molecular weight is 376 g/mol. The lowest BCUT2D eigenvalue weighted by molar-refractivity contribution is 0.0621. The predicted molar refractivity (Wildman–Crippen MR) is 93.7 cm³/mol. The van der Waals surface area contributed by atoms with Crippen molar-refractivity contribution in [3.8, 4) is 0 Å². The highest BCUT2D eigenvalue weighted by Gasteiger charge is 2.15. The van der Waals surface area contributed by atoms with E-state index in [4.69, 9.17) is 9.47 Å². The van der Waals surface area contributed by atoms with Crippen LogP contribution in [0.25, 0.3) is 10.9 Å². The van der Waals surface area contributed by atoms with Gasteiger partial charge in [-0.1, -0.05) is 6.07 Å². The van der Waals surface area contributed by atoms with Crippen molar-refractivity contribution in [2.45, 2.75) is 13.2 Å². The van der Waals surface area contributed by atoms with E-state index in [1.807, 2.05) is 0 Å². The minimum Gasteiger partial charge on any atom is -0.477 e. The number of hydrogen-bond donors (Lipinski definition) is 1. The summed E-state index contributed by atoms with van der Waals surface area (Å²) in [6.45, 7) is 1.20. The zero-order valence-electron chi connectivity index (χ0n) is 14.6. The molecule has 142 valence electrons. The Morgan fingerprint density at radius 2 is 2.04 bits per heavy atom. The fourth-order valence-corrected chi connectivity index (χ4v) is 2.78. The third-order valence-electron chi connectivity index (χ3n) is 4.11. The topological polar surface area (TPSA) is 73.6 Å². The number of halogens is 2. The number of ether oxygens (including phenoxy) is 2. The average Bonchev–Trinajstić information content (AvgIpc) is 2.98. The largest absolute Gasteiger partial charge is 0.477 e. The summed E-state index contributed by atoms with van der Waals surface area (Å²) in [6.07, 6.45) is 3.19. The van der Waals surface area contributed by atoms with Crippen molar-refractivity contribution in [3.05, 3.63) is 65.1 Å². The highest BCUT2D eigenvalue weighted by atomic mass is 19.1. The fraction of sp³-hybridized carbons (Fsp3) is 0.263. The van der Waals surface area contributed by atoms with Crippen molar-refractivity contribution in [1.82, 2.24) is 9.55 Å². The smallest absolute Gasteiger partial charge is 0.354 e. The first-order valence-corrected chi connectivity index (χ1v) is 8.21. The Bertz CT molecular complexity index is 972. The lowest BCUT2D eigenvalue weighted by Gasteiger charge is -2.07. The number of pyridine rings is 1. The molecule has 1 N–H and O–H groups in total. The van der Waals surface area contributed by atoms with Crippen molar-refractivity contribution in [2.75, 3.05) is 20.3 Å². The van der Waals surface area contributed by atoms with Crippen LogP contribution in [0.1, 0.15) is 21.6 Å². The molecule has 2 heterocycles. The molecule has 0 saturated carbocycles. The van der Waals surface area contributed by atoms with E-state index in [0.717, 1.165) is 11.6 Å². The fourth-order valence-electron chi connectivity index (χ4n) is 2.78. The van der Waals surface area contributed by atoms with Crippen LogP contribution in [0.4, 0.5) is 8.78 Å². The second-order valence-corrected chi connectivity index (χ2v) is 5.96. The molecule has 0 fully saturated rings. The number of carboxylic acids is 1. The maximum absolute atomic E-state index is 14.0. The predicted octanol–water partition coefficient (Wildman–Crippen LogP) is 3.22. The molecule has 0 radical (unpaired) electrons. The summed E-state index contributed by atoms with van der Waals surface area (Å²) in [5, 5.41) is 9.84. The minimum absolute atomic E-state index is 0.0913. The number of hydrogen-bond acceptors (Lipinski definition) is 4. The summed E-state index contributed by atoms with van der Waals surface area (Å²) in [4.78, 5) is 15.2. The highest BCUT2D eigenvalue weighted by molar-refractivity contribution is 5.92. The van der Waals surface area contributed by atoms with Gasteiger partial charge in [0, 0.05) is 35.9 Å². The maximum Gasteiger partial charge on any atom is 0.354 e. The lowest BCUT2D eigenvalue weighted by Crippen LogP contribution is -2.03. The summed E-state index contributed by atoms with van der Waals surface area (Å²) in [6, 6.07) is 4.87. The first kappa shape index (κ1) is 18.9. The van der Waals surface area contributed by atoms with Gasteiger partial charge in [0.1, 0.15) is 17.3 Å². The molecule has 0 bridgehead atoms. The zero-order chi connectivity index (χ0) is 19.4. The summed E-state index contributed by atoms with van der Waals surface area (Å²) >= 11 is 0. The monoisotopic (exact) mass is 376 g/mol. The van der Waals surface area contributed by atoms with Gasteiger partial charge in [0.05, 0.1) is 38.1 Å². The van der Waals surface area contributed by atoms with E-state index in [1.54, 1.807) is 17.9 Å². The number of benzene rings is 1. The van der Waals surface area contributed by atoms with E-state index in [1.165, 1.54) is 24.4 Å². The molecule has 27 heavy (non-hydrogen) atoms. The van der Waals surface area contributed by atoms with Gasteiger partial charge < -0.3 is 19.1 Å². The molecule has 0 aliphatic heterocycles. The van der Waals surface area contributed by atoms with Gasteiger partial charge in [0.25, 0.3) is 0 Å². The van der Waals surface area contributed by atoms with Crippen LogP contribution < -0.4 is 0 Å². The van der Waals surface area contributed by atoms with Gasteiger partial charge >= 0.3 is 5.97 Å². The molecule has 2 aromatic heterocycles. The van der Waals surface area contributed by atoms with Crippen molar-refractivity contribution in [3.63, 3.8) is 0 Å². The van der Waals surface area contributed by atoms with Gasteiger partial charge in [0.2, 0.25) is 0 Å². The number of rotatable bonds is 8. The number of fused-ring (bicyclic) bond motifs is 1. The number of aromatic nitrogens is 2. The van der Waals surface area contributed by atoms with Crippen molar-refractivity contribution in [2.24, 2.45) is 0 Å². The molecule has 3 rings (SSSR count). The van der Waals surface area contributed by atoms with Crippen LogP contribution >= 0.6 is 0 Å². The second kappa shape index (κ2) is 8.24. The van der Waals surface area contributed by atoms with Gasteiger partial charge in [-0.15, -0.1) is 0 Å². The van der Waals surface area contributed by atoms with Crippen LogP contribution in [0, 0.1) is 11.6 Å². The first-order chi connectivity index (χ1) is 13.0. The molecule has 1 aromatic carbocycles. The summed E-state index contributed by atoms with van der Waals surface area (Å²) in [7, 11) is 1.57. The first-order valence-electron chi connectivity index (χ1n) is 8.21.